The molecule has 8 heteroatoms. The van der Waals surface area contributed by atoms with Crippen LogP contribution in [0.4, 0.5) is 0 Å². The van der Waals surface area contributed by atoms with Gasteiger partial charge in [0.25, 0.3) is 0 Å². The fourth-order valence-corrected chi connectivity index (χ4v) is 5.71. The van der Waals surface area contributed by atoms with Gasteiger partial charge >= 0.3 is 0 Å². The zero-order valence-electron chi connectivity index (χ0n) is 20.2. The molecule has 0 aliphatic carbocycles. The van der Waals surface area contributed by atoms with Gasteiger partial charge in [-0.05, 0) is 54.3 Å². The van der Waals surface area contributed by atoms with Gasteiger partial charge in [0, 0.05) is 43.5 Å². The average Bonchev–Trinajstić information content (AvgIpc) is 3.48. The summed E-state index contributed by atoms with van der Waals surface area (Å²) in [6, 6.07) is 8.45. The molecular weight excluding hydrogens is 484 g/mol. The first-order valence-electron chi connectivity index (χ1n) is 11.4. The van der Waals surface area contributed by atoms with Crippen molar-refractivity contribution in [3.63, 3.8) is 0 Å². The van der Waals surface area contributed by atoms with Crippen LogP contribution in [0.1, 0.15) is 22.3 Å². The van der Waals surface area contributed by atoms with Crippen molar-refractivity contribution in [3.05, 3.63) is 51.0 Å². The van der Waals surface area contributed by atoms with Crippen LogP contribution in [0.25, 0.3) is 0 Å². The summed E-state index contributed by atoms with van der Waals surface area (Å²) in [6.45, 7) is 7.88. The fourth-order valence-electron chi connectivity index (χ4n) is 5.25. The standard InChI is InChI=1S/C25H35BrN4O3/c1-16-11-21(31-3)17(2)10-18(16)14-24(27-6-7-28-24)25(29-8-9-30-25)15-19-12-22(32-4)23(33-5)13-20(19)26/h10-13,27-30H,6-9,14-15H2,1-5H3. The van der Waals surface area contributed by atoms with Crippen molar-refractivity contribution in [2.24, 2.45) is 0 Å². The van der Waals surface area contributed by atoms with Crippen LogP contribution in [-0.2, 0) is 12.8 Å². The van der Waals surface area contributed by atoms with E-state index in [1.54, 1.807) is 21.3 Å². The van der Waals surface area contributed by atoms with Crippen molar-refractivity contribution in [1.82, 2.24) is 21.3 Å². The van der Waals surface area contributed by atoms with Crippen molar-refractivity contribution in [2.45, 2.75) is 38.0 Å². The van der Waals surface area contributed by atoms with Crippen LogP contribution in [0, 0.1) is 13.8 Å². The highest BCUT2D eigenvalue weighted by Crippen LogP contribution is 2.38. The summed E-state index contributed by atoms with van der Waals surface area (Å²) in [5.41, 5.74) is 4.06. The van der Waals surface area contributed by atoms with Crippen molar-refractivity contribution in [2.75, 3.05) is 47.5 Å². The number of rotatable bonds is 8. The fraction of sp³-hybridized carbons (Fsp3) is 0.520. The molecule has 4 N–H and O–H groups in total. The Morgan fingerprint density at radius 2 is 1.15 bits per heavy atom. The summed E-state index contributed by atoms with van der Waals surface area (Å²) < 4.78 is 17.6. The highest BCUT2D eigenvalue weighted by molar-refractivity contribution is 9.10. The molecule has 2 aromatic carbocycles. The Labute approximate surface area is 205 Å². The average molecular weight is 519 g/mol. The predicted molar refractivity (Wildman–Crippen MR) is 135 cm³/mol. The minimum atomic E-state index is -0.397. The third kappa shape index (κ3) is 4.47. The Morgan fingerprint density at radius 1 is 0.667 bits per heavy atom. The summed E-state index contributed by atoms with van der Waals surface area (Å²) in [7, 11) is 5.06. The van der Waals surface area contributed by atoms with Gasteiger partial charge in [-0.1, -0.05) is 22.0 Å². The maximum atomic E-state index is 5.60. The molecule has 2 aliphatic heterocycles. The number of nitrogens with one attached hydrogen (secondary N) is 4. The van der Waals surface area contributed by atoms with Crippen molar-refractivity contribution in [3.8, 4) is 17.2 Å². The maximum Gasteiger partial charge on any atom is 0.161 e. The maximum absolute atomic E-state index is 5.60. The second kappa shape index (κ2) is 9.80. The lowest BCUT2D eigenvalue weighted by molar-refractivity contribution is 0.117. The second-order valence-corrected chi connectivity index (χ2v) is 9.77. The third-order valence-corrected chi connectivity index (χ3v) is 7.74. The Morgan fingerprint density at radius 3 is 1.67 bits per heavy atom. The molecule has 0 atom stereocenters. The summed E-state index contributed by atoms with van der Waals surface area (Å²) in [5, 5.41) is 15.3. The first kappa shape index (κ1) is 24.3. The zero-order chi connectivity index (χ0) is 23.6. The van der Waals surface area contributed by atoms with Gasteiger partial charge in [0.05, 0.1) is 21.3 Å². The van der Waals surface area contributed by atoms with E-state index in [2.05, 4.69) is 69.2 Å². The van der Waals surface area contributed by atoms with Crippen molar-refractivity contribution < 1.29 is 14.2 Å². The number of hydrogen-bond donors (Lipinski definition) is 4. The van der Waals surface area contributed by atoms with Gasteiger partial charge in [-0.3, -0.25) is 21.3 Å². The van der Waals surface area contributed by atoms with Crippen LogP contribution >= 0.6 is 15.9 Å². The summed E-state index contributed by atoms with van der Waals surface area (Å²) in [6.07, 6.45) is 1.58. The van der Waals surface area contributed by atoms with Gasteiger partial charge in [0.15, 0.2) is 11.5 Å². The number of aryl methyl sites for hydroxylation is 2. The predicted octanol–water partition coefficient (Wildman–Crippen LogP) is 2.66. The molecule has 2 heterocycles. The van der Waals surface area contributed by atoms with Crippen LogP contribution in [0.15, 0.2) is 28.7 Å². The first-order valence-corrected chi connectivity index (χ1v) is 12.2. The molecule has 2 fully saturated rings. The van der Waals surface area contributed by atoms with E-state index < -0.39 is 5.66 Å². The van der Waals surface area contributed by atoms with Gasteiger partial charge in [0.2, 0.25) is 0 Å². The molecule has 7 nitrogen and oxygen atoms in total. The number of benzene rings is 2. The molecule has 0 unspecified atom stereocenters. The molecule has 33 heavy (non-hydrogen) atoms. The minimum Gasteiger partial charge on any atom is -0.496 e. The molecule has 2 aromatic rings. The first-order chi connectivity index (χ1) is 15.9. The quantitative estimate of drug-likeness (QED) is 0.428. The summed E-state index contributed by atoms with van der Waals surface area (Å²) in [4.78, 5) is 0. The van der Waals surface area contributed by atoms with Gasteiger partial charge in [0.1, 0.15) is 17.1 Å². The number of methoxy groups -OCH3 is 3. The highest BCUT2D eigenvalue weighted by atomic mass is 79.9. The molecule has 2 saturated heterocycles. The third-order valence-electron chi connectivity index (χ3n) is 7.00. The van der Waals surface area contributed by atoms with E-state index in [0.29, 0.717) is 5.75 Å². The van der Waals surface area contributed by atoms with E-state index in [1.807, 2.05) is 6.07 Å². The van der Waals surface area contributed by atoms with Crippen molar-refractivity contribution in [1.29, 1.82) is 0 Å². The molecule has 0 aromatic heterocycles. The molecule has 2 aliphatic rings. The van der Waals surface area contributed by atoms with Crippen LogP contribution in [0.2, 0.25) is 0 Å². The SMILES string of the molecule is COc1cc(C)c(CC2(C3(Cc4cc(OC)c(OC)cc4Br)NCCN3)NCCN2)cc1C. The van der Waals surface area contributed by atoms with Crippen LogP contribution in [-0.4, -0.2) is 58.8 Å². The van der Waals surface area contributed by atoms with E-state index in [0.717, 1.165) is 66.1 Å². The molecule has 0 amide bonds. The molecule has 0 saturated carbocycles. The molecule has 4 rings (SSSR count). The lowest BCUT2D eigenvalue weighted by atomic mass is 9.81. The molecule has 180 valence electrons. The largest absolute Gasteiger partial charge is 0.496 e. The smallest absolute Gasteiger partial charge is 0.161 e. The zero-order valence-corrected chi connectivity index (χ0v) is 21.7. The lowest BCUT2D eigenvalue weighted by Crippen LogP contribution is -2.77. The van der Waals surface area contributed by atoms with Gasteiger partial charge in [-0.2, -0.15) is 0 Å². The second-order valence-electron chi connectivity index (χ2n) is 8.92. The van der Waals surface area contributed by atoms with Gasteiger partial charge in [-0.15, -0.1) is 0 Å². The number of hydrogen-bond acceptors (Lipinski definition) is 7. The Hall–Kier alpha value is -1.84. The monoisotopic (exact) mass is 518 g/mol. The van der Waals surface area contributed by atoms with E-state index in [4.69, 9.17) is 14.2 Å². The number of halogens is 1. The highest BCUT2D eigenvalue weighted by Gasteiger charge is 2.54. The van der Waals surface area contributed by atoms with Gasteiger partial charge in [-0.25, -0.2) is 0 Å². The van der Waals surface area contributed by atoms with Crippen LogP contribution < -0.4 is 35.5 Å². The Balaban J connectivity index is 1.74. The topological polar surface area (TPSA) is 75.8 Å². The normalized spacial score (nSPS) is 19.0. The van der Waals surface area contributed by atoms with E-state index in [-0.39, 0.29) is 5.66 Å². The lowest BCUT2D eigenvalue weighted by Gasteiger charge is -2.48. The van der Waals surface area contributed by atoms with E-state index in [9.17, 15) is 0 Å². The molecule has 0 bridgehead atoms. The summed E-state index contributed by atoms with van der Waals surface area (Å²) >= 11 is 3.77. The Bertz CT molecular complexity index is 1000. The van der Waals surface area contributed by atoms with E-state index in [1.165, 1.54) is 11.1 Å². The minimum absolute atomic E-state index is 0.373. The van der Waals surface area contributed by atoms with E-state index >= 15 is 0 Å². The molecular formula is C25H35BrN4O3. The molecule has 0 radical (unpaired) electrons. The summed E-state index contributed by atoms with van der Waals surface area (Å²) in [5.74, 6) is 2.37. The van der Waals surface area contributed by atoms with Gasteiger partial charge < -0.3 is 14.2 Å². The van der Waals surface area contributed by atoms with Crippen LogP contribution in [0.5, 0.6) is 17.2 Å². The molecule has 0 spiro atoms. The van der Waals surface area contributed by atoms with Crippen LogP contribution in [0.3, 0.4) is 0 Å². The van der Waals surface area contributed by atoms with Crippen molar-refractivity contribution >= 4 is 15.9 Å². The Kier molecular flexibility index (Phi) is 7.21. The number of ether oxygens (including phenoxy) is 3.